The number of amides is 2. The number of fused-ring (bicyclic) bond motifs is 2. The average molecular weight is 481 g/mol. The van der Waals surface area contributed by atoms with Gasteiger partial charge in [0.15, 0.2) is 13.9 Å². The smallest absolute Gasteiger partial charge is 0.264 e. The Morgan fingerprint density at radius 3 is 2.56 bits per heavy atom. The number of rotatable bonds is 6. The van der Waals surface area contributed by atoms with Gasteiger partial charge >= 0.3 is 0 Å². The van der Waals surface area contributed by atoms with Crippen LogP contribution in [0.1, 0.15) is 30.9 Å². The highest BCUT2D eigenvalue weighted by Crippen LogP contribution is 2.59. The summed E-state index contributed by atoms with van der Waals surface area (Å²) < 4.78 is 6.58. The molecule has 7 nitrogen and oxygen atoms in total. The first-order chi connectivity index (χ1) is 16.2. The number of anilines is 2. The summed E-state index contributed by atoms with van der Waals surface area (Å²) in [6.45, 7) is 6.78. The Bertz CT molecular complexity index is 1130. The van der Waals surface area contributed by atoms with Crippen molar-refractivity contribution < 1.29 is 24.2 Å². The molecule has 0 aromatic heterocycles. The van der Waals surface area contributed by atoms with Gasteiger partial charge in [-0.3, -0.25) is 9.59 Å². The van der Waals surface area contributed by atoms with Crippen LogP contribution in [0.3, 0.4) is 0 Å². The summed E-state index contributed by atoms with van der Waals surface area (Å²) in [5.41, 5.74) is 2.06. The quantitative estimate of drug-likeness (QED) is 0.490. The van der Waals surface area contributed by atoms with Gasteiger partial charge in [0, 0.05) is 42.3 Å². The number of ether oxygens (including phenoxy) is 1. The van der Waals surface area contributed by atoms with Crippen molar-refractivity contribution in [3.05, 3.63) is 59.7 Å². The SMILES string of the molecule is C[C@@H]1[C@@H]([Si](C)(C)O)[C@H](CCO)O[C@@]12C(=O)N(Cc1cccc(N3CCC3=O)c1)c1ccccc12. The Balaban J connectivity index is 1.53. The molecular formula is C26H32N2O5Si. The van der Waals surface area contributed by atoms with Crippen molar-refractivity contribution in [2.75, 3.05) is 23.0 Å². The first-order valence-corrected chi connectivity index (χ1v) is 15.0. The van der Waals surface area contributed by atoms with Gasteiger partial charge in [-0.15, -0.1) is 0 Å². The molecule has 2 aromatic rings. The molecule has 180 valence electrons. The second-order valence-corrected chi connectivity index (χ2v) is 14.2. The number of aliphatic hydroxyl groups is 1. The molecule has 8 heteroatoms. The summed E-state index contributed by atoms with van der Waals surface area (Å²) in [6, 6.07) is 15.5. The van der Waals surface area contributed by atoms with Crippen LogP contribution < -0.4 is 9.80 Å². The van der Waals surface area contributed by atoms with Crippen molar-refractivity contribution in [3.63, 3.8) is 0 Å². The number of carbonyl (C=O) groups excluding carboxylic acids is 2. The highest BCUT2D eigenvalue weighted by atomic mass is 28.4. The molecule has 2 aromatic carbocycles. The highest BCUT2D eigenvalue weighted by molar-refractivity contribution is 6.71. The van der Waals surface area contributed by atoms with Crippen LogP contribution in [0, 0.1) is 5.92 Å². The molecule has 3 heterocycles. The second kappa shape index (κ2) is 8.30. The Labute approximate surface area is 201 Å². The molecule has 0 aliphatic carbocycles. The van der Waals surface area contributed by atoms with E-state index in [2.05, 4.69) is 0 Å². The second-order valence-electron chi connectivity index (χ2n) is 10.2. The lowest BCUT2D eigenvalue weighted by Crippen LogP contribution is -2.46. The Kier molecular flexibility index (Phi) is 5.67. The fourth-order valence-electron chi connectivity index (χ4n) is 6.18. The van der Waals surface area contributed by atoms with E-state index in [4.69, 9.17) is 4.74 Å². The molecule has 0 unspecified atom stereocenters. The molecular weight excluding hydrogens is 448 g/mol. The molecule has 34 heavy (non-hydrogen) atoms. The highest BCUT2D eigenvalue weighted by Gasteiger charge is 2.65. The topological polar surface area (TPSA) is 90.3 Å². The van der Waals surface area contributed by atoms with Crippen LogP contribution in [-0.4, -0.2) is 49.3 Å². The summed E-state index contributed by atoms with van der Waals surface area (Å²) in [5, 5.41) is 9.68. The van der Waals surface area contributed by atoms with Crippen molar-refractivity contribution in [2.45, 2.75) is 56.7 Å². The predicted molar refractivity (Wildman–Crippen MR) is 132 cm³/mol. The molecule has 3 aliphatic heterocycles. The van der Waals surface area contributed by atoms with Gasteiger partial charge in [0.2, 0.25) is 5.91 Å². The standard InChI is InChI=1S/C26H32N2O5Si/c1-17-24(34(2,3)32)22(12-14-29)33-26(17)20-9-4-5-10-21(20)28(25(26)31)16-18-7-6-8-19(15-18)27-13-11-23(27)30/h4-10,15,17,22,24,29,32H,11-14,16H2,1-3H3/t17-,22+,24-,26+/m1/s1. The minimum Gasteiger partial charge on any atom is -0.432 e. The molecule has 1 spiro atoms. The number of aliphatic hydroxyl groups excluding tert-OH is 1. The van der Waals surface area contributed by atoms with Gasteiger partial charge in [-0.2, -0.15) is 0 Å². The van der Waals surface area contributed by atoms with E-state index in [0.717, 1.165) is 29.0 Å². The van der Waals surface area contributed by atoms with Crippen molar-refractivity contribution in [1.82, 2.24) is 0 Å². The third-order valence-corrected chi connectivity index (χ3v) is 10.2. The normalized spacial score (nSPS) is 28.6. The van der Waals surface area contributed by atoms with E-state index in [1.807, 2.05) is 68.5 Å². The molecule has 2 amide bonds. The number of para-hydroxylation sites is 1. The van der Waals surface area contributed by atoms with E-state index in [0.29, 0.717) is 19.4 Å². The van der Waals surface area contributed by atoms with Crippen molar-refractivity contribution in [3.8, 4) is 0 Å². The van der Waals surface area contributed by atoms with Gasteiger partial charge in [0.25, 0.3) is 5.91 Å². The van der Waals surface area contributed by atoms with Crippen LogP contribution in [0.2, 0.25) is 18.6 Å². The summed E-state index contributed by atoms with van der Waals surface area (Å²) in [5.74, 6) is -0.252. The van der Waals surface area contributed by atoms with Crippen LogP contribution in [0.15, 0.2) is 48.5 Å². The molecule has 0 saturated carbocycles. The van der Waals surface area contributed by atoms with Crippen LogP contribution in [0.5, 0.6) is 0 Å². The molecule has 4 atom stereocenters. The van der Waals surface area contributed by atoms with E-state index in [1.165, 1.54) is 0 Å². The minimum atomic E-state index is -2.70. The van der Waals surface area contributed by atoms with Crippen molar-refractivity contribution in [2.24, 2.45) is 5.92 Å². The minimum absolute atomic E-state index is 0.0595. The molecule has 5 rings (SSSR count). The summed E-state index contributed by atoms with van der Waals surface area (Å²) in [4.78, 5) is 40.7. The molecule has 0 bridgehead atoms. The third-order valence-electron chi connectivity index (χ3n) is 7.72. The van der Waals surface area contributed by atoms with Crippen molar-refractivity contribution in [1.29, 1.82) is 0 Å². The third kappa shape index (κ3) is 3.43. The Morgan fingerprint density at radius 2 is 1.91 bits per heavy atom. The fourth-order valence-corrected chi connectivity index (χ4v) is 8.78. The summed E-state index contributed by atoms with van der Waals surface area (Å²) >= 11 is 0. The van der Waals surface area contributed by atoms with Crippen LogP contribution in [0.4, 0.5) is 11.4 Å². The van der Waals surface area contributed by atoms with E-state index in [-0.39, 0.29) is 36.0 Å². The number of carbonyl (C=O) groups is 2. The zero-order chi connectivity index (χ0) is 24.3. The number of benzene rings is 2. The van der Waals surface area contributed by atoms with Gasteiger partial charge in [-0.25, -0.2) is 0 Å². The maximum absolute atomic E-state index is 14.2. The number of nitrogens with zero attached hydrogens (tertiary/aromatic N) is 2. The average Bonchev–Trinajstić information content (AvgIpc) is 3.21. The first-order valence-electron chi connectivity index (χ1n) is 12.0. The molecule has 2 fully saturated rings. The summed E-state index contributed by atoms with van der Waals surface area (Å²) in [6.07, 6.45) is 0.569. The number of hydrogen-bond donors (Lipinski definition) is 2. The van der Waals surface area contributed by atoms with Gasteiger partial charge in [0.05, 0.1) is 18.3 Å². The fraction of sp³-hybridized carbons (Fsp3) is 0.462. The predicted octanol–water partition coefficient (Wildman–Crippen LogP) is 3.15. The molecule has 2 N–H and O–H groups in total. The number of hydrogen-bond acceptors (Lipinski definition) is 5. The summed E-state index contributed by atoms with van der Waals surface area (Å²) in [7, 11) is -2.70. The van der Waals surface area contributed by atoms with Crippen LogP contribution in [-0.2, 0) is 26.5 Å². The lowest BCUT2D eigenvalue weighted by Gasteiger charge is -2.32. The van der Waals surface area contributed by atoms with Crippen LogP contribution in [0.25, 0.3) is 0 Å². The van der Waals surface area contributed by atoms with Crippen LogP contribution >= 0.6 is 0 Å². The molecule has 0 radical (unpaired) electrons. The Morgan fingerprint density at radius 1 is 1.15 bits per heavy atom. The Hall–Kier alpha value is -2.52. The van der Waals surface area contributed by atoms with Crippen molar-refractivity contribution >= 4 is 31.5 Å². The maximum Gasteiger partial charge on any atom is 0.264 e. The van der Waals surface area contributed by atoms with Gasteiger partial charge < -0.3 is 24.4 Å². The lowest BCUT2D eigenvalue weighted by atomic mass is 9.82. The maximum atomic E-state index is 14.2. The monoisotopic (exact) mass is 480 g/mol. The van der Waals surface area contributed by atoms with E-state index in [9.17, 15) is 19.5 Å². The zero-order valence-corrected chi connectivity index (χ0v) is 20.9. The van der Waals surface area contributed by atoms with Gasteiger partial charge in [-0.1, -0.05) is 37.3 Å². The van der Waals surface area contributed by atoms with E-state index >= 15 is 0 Å². The molecule has 2 saturated heterocycles. The lowest BCUT2D eigenvalue weighted by molar-refractivity contribution is -0.146. The van der Waals surface area contributed by atoms with E-state index in [1.54, 1.807) is 9.80 Å². The van der Waals surface area contributed by atoms with E-state index < -0.39 is 13.9 Å². The number of β-lactam (4-membered cyclic amide) rings is 1. The largest absolute Gasteiger partial charge is 0.432 e. The van der Waals surface area contributed by atoms with Gasteiger partial charge in [0.1, 0.15) is 0 Å². The van der Waals surface area contributed by atoms with Gasteiger partial charge in [-0.05, 0) is 43.3 Å². The first kappa shape index (κ1) is 23.2. The molecule has 3 aliphatic rings. The zero-order valence-electron chi connectivity index (χ0n) is 19.9.